The van der Waals surface area contributed by atoms with E-state index in [4.69, 9.17) is 21.1 Å². The number of nitrogens with two attached hydrogens (primary N) is 1. The van der Waals surface area contributed by atoms with Gasteiger partial charge in [0.15, 0.2) is 11.6 Å². The van der Waals surface area contributed by atoms with E-state index in [0.717, 1.165) is 6.42 Å². The van der Waals surface area contributed by atoms with E-state index in [0.29, 0.717) is 50.8 Å². The van der Waals surface area contributed by atoms with Gasteiger partial charge in [0.25, 0.3) is 5.91 Å². The maximum Gasteiger partial charge on any atom is 0.396 e. The molecule has 41 heavy (non-hydrogen) atoms. The minimum absolute atomic E-state index is 0.159. The first-order valence-electron chi connectivity index (χ1n) is 12.5. The van der Waals surface area contributed by atoms with Crippen molar-refractivity contribution in [3.8, 4) is 6.07 Å². The van der Waals surface area contributed by atoms with Crippen LogP contribution in [0.2, 0.25) is 0 Å². The van der Waals surface area contributed by atoms with Crippen molar-refractivity contribution in [3.05, 3.63) is 35.1 Å². The summed E-state index contributed by atoms with van der Waals surface area (Å²) in [6.07, 6.45) is 3.74. The number of carboxylic acids is 3. The molecule has 0 saturated carbocycles. The normalized spacial score (nSPS) is 24.1. The quantitative estimate of drug-likeness (QED) is 0.214. The second-order valence-electron chi connectivity index (χ2n) is 9.99. The monoisotopic (exact) mass is 586 g/mol. The lowest BCUT2D eigenvalue weighted by Gasteiger charge is -2.41. The van der Waals surface area contributed by atoms with Gasteiger partial charge >= 0.3 is 23.6 Å². The number of alkyl halides is 1. The summed E-state index contributed by atoms with van der Waals surface area (Å²) in [5, 5.41) is 32.7. The average Bonchev–Trinajstić information content (AvgIpc) is 3.50. The van der Waals surface area contributed by atoms with E-state index in [1.807, 2.05) is 0 Å². The van der Waals surface area contributed by atoms with E-state index in [-0.39, 0.29) is 23.9 Å². The van der Waals surface area contributed by atoms with Crippen molar-refractivity contribution in [2.24, 2.45) is 11.7 Å². The maximum atomic E-state index is 14.1. The van der Waals surface area contributed by atoms with Gasteiger partial charge in [-0.2, -0.15) is 5.26 Å². The zero-order chi connectivity index (χ0) is 30.8. The van der Waals surface area contributed by atoms with Crippen molar-refractivity contribution in [2.75, 3.05) is 6.54 Å². The van der Waals surface area contributed by atoms with Crippen LogP contribution in [-0.2, 0) is 19.2 Å². The zero-order valence-corrected chi connectivity index (χ0v) is 21.3. The number of likely N-dealkylation sites (tertiary alicyclic amines) is 1. The molecular weight excluding hydrogens is 560 g/mol. The number of carbonyl (C=O) groups is 5. The summed E-state index contributed by atoms with van der Waals surface area (Å²) < 4.78 is 53.3. The molecule has 0 radical (unpaired) electrons. The number of benzene rings is 1. The SMILES string of the molecule is N#C[C@@H]1CCCN1C(=O)[C@@H](N)C1CC2CCC(C1)N2C(=O)c1cc(F)c(F)cc1F.O=C(O)C(F)(C(=O)O)C(=O)O. The molecule has 0 spiro atoms. The molecule has 1 aromatic rings. The van der Waals surface area contributed by atoms with Gasteiger partial charge in [-0.25, -0.2) is 31.9 Å². The lowest BCUT2D eigenvalue weighted by atomic mass is 9.84. The summed E-state index contributed by atoms with van der Waals surface area (Å²) in [5.74, 6) is -12.4. The topological polar surface area (TPSA) is 202 Å². The van der Waals surface area contributed by atoms with Crippen LogP contribution in [0.3, 0.4) is 0 Å². The maximum absolute atomic E-state index is 14.1. The molecule has 16 heteroatoms. The standard InChI is InChI=1S/C21H23F3N4O2.C4H3FO6/c22-16-9-18(24)17(23)8-15(16)20(29)28-12-3-4-13(28)7-11(6-12)19(26)21(30)27-5-1-2-14(27)10-25;5-4(1(6)7,2(8)9)3(10)11/h8-9,11-14,19H,1-7,26H2;(H,6,7)(H,8,9)(H,10,11)/t11?,12?,13?,14-,19-;/m0./s1. The number of nitrogens with zero attached hydrogens (tertiary/aromatic N) is 3. The van der Waals surface area contributed by atoms with Crippen molar-refractivity contribution < 1.29 is 56.9 Å². The second-order valence-corrected chi connectivity index (χ2v) is 9.99. The van der Waals surface area contributed by atoms with Crippen LogP contribution in [-0.4, -0.2) is 91.2 Å². The number of amides is 2. The first kappa shape index (κ1) is 31.3. The minimum atomic E-state index is -4.25. The molecule has 0 aromatic heterocycles. The van der Waals surface area contributed by atoms with Crippen molar-refractivity contribution in [2.45, 2.75) is 68.4 Å². The molecule has 12 nitrogen and oxygen atoms in total. The molecule has 1 aromatic carbocycles. The average molecular weight is 586 g/mol. The molecule has 2 amide bonds. The molecular formula is C25H26F4N4O8. The summed E-state index contributed by atoms with van der Waals surface area (Å²) in [5.41, 5.74) is 1.54. The molecule has 3 heterocycles. The van der Waals surface area contributed by atoms with Gasteiger partial charge in [-0.15, -0.1) is 0 Å². The van der Waals surface area contributed by atoms with Crippen molar-refractivity contribution in [1.82, 2.24) is 9.80 Å². The first-order chi connectivity index (χ1) is 19.1. The highest BCUT2D eigenvalue weighted by Gasteiger charge is 2.56. The molecule has 5 N–H and O–H groups in total. The van der Waals surface area contributed by atoms with Crippen LogP contribution in [0, 0.1) is 34.7 Å². The number of fused-ring (bicyclic) bond motifs is 2. The minimum Gasteiger partial charge on any atom is -0.478 e. The van der Waals surface area contributed by atoms with Gasteiger partial charge in [-0.3, -0.25) is 9.59 Å². The van der Waals surface area contributed by atoms with Gasteiger partial charge in [0, 0.05) is 24.7 Å². The molecule has 0 aliphatic carbocycles. The van der Waals surface area contributed by atoms with Crippen LogP contribution < -0.4 is 5.73 Å². The summed E-state index contributed by atoms with van der Waals surface area (Å²) in [4.78, 5) is 58.1. The van der Waals surface area contributed by atoms with E-state index in [1.54, 1.807) is 4.90 Å². The molecule has 4 rings (SSSR count). The largest absolute Gasteiger partial charge is 0.478 e. The van der Waals surface area contributed by atoms with E-state index >= 15 is 0 Å². The number of carbonyl (C=O) groups excluding carboxylic acids is 2. The predicted molar refractivity (Wildman–Crippen MR) is 127 cm³/mol. The molecule has 3 fully saturated rings. The van der Waals surface area contributed by atoms with Gasteiger partial charge < -0.3 is 30.9 Å². The number of piperidine rings is 1. The van der Waals surface area contributed by atoms with E-state index in [1.165, 1.54) is 4.90 Å². The van der Waals surface area contributed by atoms with Crippen LogP contribution in [0.5, 0.6) is 0 Å². The van der Waals surface area contributed by atoms with E-state index in [2.05, 4.69) is 6.07 Å². The molecule has 4 atom stereocenters. The zero-order valence-electron chi connectivity index (χ0n) is 21.3. The summed E-state index contributed by atoms with van der Waals surface area (Å²) in [7, 11) is 0. The Morgan fingerprint density at radius 1 is 0.927 bits per heavy atom. The van der Waals surface area contributed by atoms with Gasteiger partial charge in [-0.05, 0) is 50.5 Å². The lowest BCUT2D eigenvalue weighted by Crippen LogP contribution is -2.55. The third kappa shape index (κ3) is 5.94. The van der Waals surface area contributed by atoms with Gasteiger partial charge in [-0.1, -0.05) is 0 Å². The van der Waals surface area contributed by atoms with Crippen molar-refractivity contribution >= 4 is 29.7 Å². The molecule has 3 saturated heterocycles. The van der Waals surface area contributed by atoms with Gasteiger partial charge in [0.1, 0.15) is 11.9 Å². The number of hydrogen-bond donors (Lipinski definition) is 4. The van der Waals surface area contributed by atoms with Crippen molar-refractivity contribution in [3.63, 3.8) is 0 Å². The van der Waals surface area contributed by atoms with Gasteiger partial charge in [0.2, 0.25) is 5.91 Å². The molecule has 3 aliphatic heterocycles. The molecule has 3 aliphatic rings. The fourth-order valence-electron chi connectivity index (χ4n) is 5.50. The van der Waals surface area contributed by atoms with Crippen LogP contribution >= 0.6 is 0 Å². The van der Waals surface area contributed by atoms with Crippen LogP contribution in [0.15, 0.2) is 12.1 Å². The van der Waals surface area contributed by atoms with E-state index in [9.17, 15) is 46.8 Å². The fourth-order valence-corrected chi connectivity index (χ4v) is 5.50. The Balaban J connectivity index is 0.000000358. The summed E-state index contributed by atoms with van der Waals surface area (Å²) in [6, 6.07) is 1.44. The Labute approximate surface area is 229 Å². The highest BCUT2D eigenvalue weighted by atomic mass is 19.2. The van der Waals surface area contributed by atoms with Crippen LogP contribution in [0.25, 0.3) is 0 Å². The van der Waals surface area contributed by atoms with Crippen LogP contribution in [0.4, 0.5) is 17.6 Å². The number of nitriles is 1. The van der Waals surface area contributed by atoms with Crippen LogP contribution in [0.1, 0.15) is 48.9 Å². The fraction of sp³-hybridized carbons (Fsp3) is 0.520. The third-order valence-corrected chi connectivity index (χ3v) is 7.61. The number of aliphatic carboxylic acids is 3. The summed E-state index contributed by atoms with van der Waals surface area (Å²) >= 11 is 0. The Morgan fingerprint density at radius 2 is 1.44 bits per heavy atom. The Morgan fingerprint density at radius 3 is 1.90 bits per heavy atom. The summed E-state index contributed by atoms with van der Waals surface area (Å²) in [6.45, 7) is 0.518. The number of carboxylic acid groups (broad SMARTS) is 3. The highest BCUT2D eigenvalue weighted by molar-refractivity contribution is 6.20. The molecule has 2 bridgehead atoms. The Kier molecular flexibility index (Phi) is 9.22. The number of hydrogen-bond acceptors (Lipinski definition) is 7. The Bertz CT molecular complexity index is 1250. The predicted octanol–water partition coefficient (Wildman–Crippen LogP) is 1.28. The Hall–Kier alpha value is -4.26. The van der Waals surface area contributed by atoms with E-state index < -0.39 is 64.6 Å². The first-order valence-corrected chi connectivity index (χ1v) is 12.5. The molecule has 2 unspecified atom stereocenters. The smallest absolute Gasteiger partial charge is 0.396 e. The second kappa shape index (κ2) is 12.1. The lowest BCUT2D eigenvalue weighted by molar-refractivity contribution is -0.177. The third-order valence-electron chi connectivity index (χ3n) is 7.61. The molecule has 222 valence electrons. The number of halogens is 4. The number of rotatable bonds is 6. The van der Waals surface area contributed by atoms with Crippen molar-refractivity contribution in [1.29, 1.82) is 5.26 Å². The highest BCUT2D eigenvalue weighted by Crippen LogP contribution is 2.41. The van der Waals surface area contributed by atoms with Gasteiger partial charge in [0.05, 0.1) is 17.7 Å².